The number of carbonyl (C=O) groups is 1. The Morgan fingerprint density at radius 2 is 1.52 bits per heavy atom. The lowest BCUT2D eigenvalue weighted by molar-refractivity contribution is -0.186. The van der Waals surface area contributed by atoms with Gasteiger partial charge in [0.25, 0.3) is 0 Å². The molecule has 0 fully saturated rings. The van der Waals surface area contributed by atoms with E-state index in [9.17, 15) is 18.0 Å². The molecular formula is C19H21F3O2Si. The molecular weight excluding hydrogens is 345 g/mol. The van der Waals surface area contributed by atoms with E-state index in [0.717, 1.165) is 10.8 Å². The summed E-state index contributed by atoms with van der Waals surface area (Å²) in [6.45, 7) is 2.70. The van der Waals surface area contributed by atoms with Crippen LogP contribution in [0.15, 0.2) is 60.7 Å². The fourth-order valence-corrected chi connectivity index (χ4v) is 6.09. The van der Waals surface area contributed by atoms with Crippen molar-refractivity contribution in [1.29, 1.82) is 0 Å². The summed E-state index contributed by atoms with van der Waals surface area (Å²) in [6, 6.07) is 19.3. The van der Waals surface area contributed by atoms with Gasteiger partial charge in [0.2, 0.25) is 0 Å². The van der Waals surface area contributed by atoms with Crippen molar-refractivity contribution in [3.8, 4) is 0 Å². The Labute approximate surface area is 146 Å². The molecule has 2 rings (SSSR count). The minimum atomic E-state index is -4.51. The van der Waals surface area contributed by atoms with Gasteiger partial charge in [0.1, 0.15) is 0 Å². The third kappa shape index (κ3) is 5.46. The van der Waals surface area contributed by atoms with Crippen LogP contribution in [0.3, 0.4) is 0 Å². The maximum absolute atomic E-state index is 12.3. The van der Waals surface area contributed by atoms with Crippen LogP contribution in [0.25, 0.3) is 0 Å². The predicted molar refractivity (Wildman–Crippen MR) is 94.4 cm³/mol. The van der Waals surface area contributed by atoms with Gasteiger partial charge in [0.05, 0.1) is 14.5 Å². The minimum absolute atomic E-state index is 0.0613. The standard InChI is InChI=1S/C19H21F3O2Si/c1-25(2,16-11-7-4-8-12-16)17(15-9-5-3-6-10-15)13-18(23)24-14-19(20,21)22/h3-12,17H,13-14H2,1-2H3/t17-/m0/s1. The Hall–Kier alpha value is -2.08. The Morgan fingerprint density at radius 3 is 2.04 bits per heavy atom. The molecule has 2 aromatic rings. The lowest BCUT2D eigenvalue weighted by atomic mass is 10.1. The molecule has 0 radical (unpaired) electrons. The van der Waals surface area contributed by atoms with Crippen molar-refractivity contribution in [2.24, 2.45) is 0 Å². The highest BCUT2D eigenvalue weighted by atomic mass is 28.3. The maximum atomic E-state index is 12.3. The predicted octanol–water partition coefficient (Wildman–Crippen LogP) is 4.42. The molecule has 0 aliphatic heterocycles. The van der Waals surface area contributed by atoms with Gasteiger partial charge in [0, 0.05) is 0 Å². The monoisotopic (exact) mass is 366 g/mol. The van der Waals surface area contributed by atoms with Crippen molar-refractivity contribution in [3.05, 3.63) is 66.2 Å². The van der Waals surface area contributed by atoms with Crippen LogP contribution in [0.1, 0.15) is 17.5 Å². The van der Waals surface area contributed by atoms with Gasteiger partial charge in [-0.3, -0.25) is 4.79 Å². The second kappa shape index (κ2) is 7.87. The summed E-state index contributed by atoms with van der Waals surface area (Å²) in [6.07, 6.45) is -4.57. The Kier molecular flexibility index (Phi) is 6.05. The molecule has 0 bridgehead atoms. The van der Waals surface area contributed by atoms with Crippen molar-refractivity contribution in [1.82, 2.24) is 0 Å². The Balaban J connectivity index is 2.27. The van der Waals surface area contributed by atoms with E-state index < -0.39 is 26.8 Å². The van der Waals surface area contributed by atoms with Crippen LogP contribution in [0.2, 0.25) is 13.1 Å². The molecule has 0 heterocycles. The number of alkyl halides is 3. The average molecular weight is 366 g/mol. The summed E-state index contributed by atoms with van der Waals surface area (Å²) in [4.78, 5) is 12.1. The van der Waals surface area contributed by atoms with E-state index in [0.29, 0.717) is 0 Å². The molecule has 0 saturated carbocycles. The van der Waals surface area contributed by atoms with Crippen molar-refractivity contribution in [2.45, 2.75) is 31.2 Å². The lowest BCUT2D eigenvalue weighted by Crippen LogP contribution is -2.48. The number of ether oxygens (including phenoxy) is 1. The zero-order chi connectivity index (χ0) is 18.5. The highest BCUT2D eigenvalue weighted by molar-refractivity contribution is 6.91. The van der Waals surface area contributed by atoms with Crippen LogP contribution < -0.4 is 5.19 Å². The molecule has 0 aliphatic carbocycles. The van der Waals surface area contributed by atoms with Crippen LogP contribution in [0.4, 0.5) is 13.2 Å². The van der Waals surface area contributed by atoms with Crippen molar-refractivity contribution >= 4 is 19.2 Å². The topological polar surface area (TPSA) is 26.3 Å². The lowest BCUT2D eigenvalue weighted by Gasteiger charge is -2.33. The Morgan fingerprint density at radius 1 is 1.00 bits per heavy atom. The summed E-state index contributed by atoms with van der Waals surface area (Å²) in [5, 5.41) is 1.15. The van der Waals surface area contributed by atoms with Gasteiger partial charge < -0.3 is 4.74 Å². The largest absolute Gasteiger partial charge is 0.456 e. The first-order valence-electron chi connectivity index (χ1n) is 8.03. The summed E-state index contributed by atoms with van der Waals surface area (Å²) >= 11 is 0. The summed E-state index contributed by atoms with van der Waals surface area (Å²) in [7, 11) is -2.17. The molecule has 2 aromatic carbocycles. The van der Waals surface area contributed by atoms with Crippen LogP contribution >= 0.6 is 0 Å². The molecule has 134 valence electrons. The summed E-state index contributed by atoms with van der Waals surface area (Å²) < 4.78 is 41.4. The van der Waals surface area contributed by atoms with E-state index in [2.05, 4.69) is 17.8 Å². The van der Waals surface area contributed by atoms with Gasteiger partial charge in [0.15, 0.2) is 6.61 Å². The molecule has 0 spiro atoms. The van der Waals surface area contributed by atoms with Crippen molar-refractivity contribution in [3.63, 3.8) is 0 Å². The van der Waals surface area contributed by atoms with Crippen LogP contribution in [-0.4, -0.2) is 26.8 Å². The number of benzene rings is 2. The van der Waals surface area contributed by atoms with E-state index in [-0.39, 0.29) is 12.0 Å². The zero-order valence-corrected chi connectivity index (χ0v) is 15.2. The number of esters is 1. The fourth-order valence-electron chi connectivity index (χ4n) is 2.93. The molecule has 25 heavy (non-hydrogen) atoms. The number of carbonyl (C=O) groups excluding carboxylic acids is 1. The number of halogens is 3. The molecule has 0 saturated heterocycles. The van der Waals surface area contributed by atoms with Gasteiger partial charge in [-0.05, 0) is 11.1 Å². The Bertz CT molecular complexity index is 685. The van der Waals surface area contributed by atoms with Crippen LogP contribution in [0, 0.1) is 0 Å². The molecule has 0 amide bonds. The van der Waals surface area contributed by atoms with E-state index in [1.807, 2.05) is 60.7 Å². The maximum Gasteiger partial charge on any atom is 0.422 e. The molecule has 2 nitrogen and oxygen atoms in total. The normalized spacial score (nSPS) is 13.3. The second-order valence-corrected chi connectivity index (χ2v) is 11.2. The molecule has 1 atom stereocenters. The van der Waals surface area contributed by atoms with E-state index in [1.54, 1.807) is 0 Å². The highest BCUT2D eigenvalue weighted by Crippen LogP contribution is 2.31. The fraction of sp³-hybridized carbons (Fsp3) is 0.316. The van der Waals surface area contributed by atoms with Gasteiger partial charge >= 0.3 is 12.1 Å². The molecule has 0 N–H and O–H groups in total. The van der Waals surface area contributed by atoms with E-state index >= 15 is 0 Å². The molecule has 6 heteroatoms. The summed E-state index contributed by atoms with van der Waals surface area (Å²) in [5.41, 5.74) is 0.781. The van der Waals surface area contributed by atoms with Crippen molar-refractivity contribution < 1.29 is 22.7 Å². The third-order valence-corrected chi connectivity index (χ3v) is 8.46. The molecule has 0 unspecified atom stereocenters. The zero-order valence-electron chi connectivity index (χ0n) is 14.2. The first-order valence-corrected chi connectivity index (χ1v) is 11.1. The van der Waals surface area contributed by atoms with Gasteiger partial charge in [-0.1, -0.05) is 78.9 Å². The quantitative estimate of drug-likeness (QED) is 0.559. The van der Waals surface area contributed by atoms with E-state index in [4.69, 9.17) is 0 Å². The molecule has 0 aliphatic rings. The smallest absolute Gasteiger partial charge is 0.422 e. The SMILES string of the molecule is C[Si](C)(c1ccccc1)[C@@H](CC(=O)OCC(F)(F)F)c1ccccc1. The first kappa shape index (κ1) is 19.2. The highest BCUT2D eigenvalue weighted by Gasteiger charge is 2.37. The van der Waals surface area contributed by atoms with Crippen LogP contribution in [-0.2, 0) is 9.53 Å². The van der Waals surface area contributed by atoms with Gasteiger partial charge in [-0.25, -0.2) is 0 Å². The molecule has 0 aromatic heterocycles. The first-order chi connectivity index (χ1) is 11.7. The third-order valence-electron chi connectivity index (χ3n) is 4.36. The number of hydrogen-bond donors (Lipinski definition) is 0. The number of hydrogen-bond acceptors (Lipinski definition) is 2. The van der Waals surface area contributed by atoms with Crippen LogP contribution in [0.5, 0.6) is 0 Å². The van der Waals surface area contributed by atoms with E-state index in [1.165, 1.54) is 0 Å². The number of rotatable bonds is 6. The van der Waals surface area contributed by atoms with Gasteiger partial charge in [-0.2, -0.15) is 13.2 Å². The summed E-state index contributed by atoms with van der Waals surface area (Å²) in [5.74, 6) is -0.817. The van der Waals surface area contributed by atoms with Crippen molar-refractivity contribution in [2.75, 3.05) is 6.61 Å². The second-order valence-electron chi connectivity index (χ2n) is 6.53. The average Bonchev–Trinajstić information content (AvgIpc) is 2.58. The minimum Gasteiger partial charge on any atom is -0.456 e. The van der Waals surface area contributed by atoms with Gasteiger partial charge in [-0.15, -0.1) is 0 Å².